The lowest BCUT2D eigenvalue weighted by Gasteiger charge is -2.25. The Kier molecular flexibility index (Phi) is 5.40. The zero-order chi connectivity index (χ0) is 20.6. The molecule has 29 heavy (non-hydrogen) atoms. The van der Waals surface area contributed by atoms with Crippen molar-refractivity contribution in [2.75, 3.05) is 31.6 Å². The number of rotatable bonds is 5. The molecule has 3 aromatic rings. The summed E-state index contributed by atoms with van der Waals surface area (Å²) in [5, 5.41) is 3.69. The Morgan fingerprint density at radius 2 is 1.83 bits per heavy atom. The molecule has 3 heterocycles. The Balaban J connectivity index is 1.64. The van der Waals surface area contributed by atoms with Crippen molar-refractivity contribution < 1.29 is 22.7 Å². The molecule has 0 aliphatic carbocycles. The zero-order valence-electron chi connectivity index (χ0n) is 15.1. The number of primary amides is 1. The van der Waals surface area contributed by atoms with Crippen LogP contribution in [0.15, 0.2) is 40.6 Å². The van der Waals surface area contributed by atoms with Crippen molar-refractivity contribution in [3.63, 3.8) is 0 Å². The molecule has 11 heteroatoms. The lowest BCUT2D eigenvalue weighted by Crippen LogP contribution is -2.40. The molecule has 2 amide bonds. The Labute approximate surface area is 174 Å². The number of carbonyl (C=O) groups is 2. The summed E-state index contributed by atoms with van der Waals surface area (Å²) in [6, 6.07) is 10.5. The van der Waals surface area contributed by atoms with E-state index < -0.39 is 21.8 Å². The Bertz CT molecular complexity index is 1160. The standard InChI is InChI=1S/C18H17N3O5S3/c19-16(22)12-10-15(29(24,25)21-5-7-26-8-6-21)28-18(12)20-17(23)14-9-11-3-1-2-4-13(11)27-14/h1-4,9-10H,5-8H2,(H2,19,22)(H,20,23). The third kappa shape index (κ3) is 3.91. The molecular formula is C18H17N3O5S3. The Morgan fingerprint density at radius 1 is 1.10 bits per heavy atom. The van der Waals surface area contributed by atoms with Gasteiger partial charge in [0.25, 0.3) is 21.8 Å². The molecule has 0 unspecified atom stereocenters. The highest BCUT2D eigenvalue weighted by Crippen LogP contribution is 2.34. The number of sulfonamides is 1. The fourth-order valence-corrected chi connectivity index (χ4v) is 6.83. The summed E-state index contributed by atoms with van der Waals surface area (Å²) in [4.78, 5) is 25.0. The SMILES string of the molecule is NC(=O)c1cc(S(=O)(=O)N2CCOCC2)sc1NC(=O)c1cc2ccccc2s1. The third-order valence-corrected chi connectivity index (χ3v) is 8.93. The first-order valence-corrected chi connectivity index (χ1v) is 11.7. The maximum absolute atomic E-state index is 12.9. The van der Waals surface area contributed by atoms with Crippen molar-refractivity contribution in [2.24, 2.45) is 5.73 Å². The number of fused-ring (bicyclic) bond motifs is 1. The molecule has 1 aliphatic heterocycles. The van der Waals surface area contributed by atoms with Crippen molar-refractivity contribution >= 4 is 59.6 Å². The van der Waals surface area contributed by atoms with Gasteiger partial charge in [0.15, 0.2) is 0 Å². The van der Waals surface area contributed by atoms with Crippen LogP contribution in [-0.2, 0) is 14.8 Å². The van der Waals surface area contributed by atoms with Gasteiger partial charge >= 0.3 is 0 Å². The van der Waals surface area contributed by atoms with Gasteiger partial charge in [-0.25, -0.2) is 8.42 Å². The molecule has 1 aromatic carbocycles. The van der Waals surface area contributed by atoms with Crippen molar-refractivity contribution in [1.29, 1.82) is 0 Å². The van der Waals surface area contributed by atoms with E-state index in [1.807, 2.05) is 24.3 Å². The van der Waals surface area contributed by atoms with Crippen molar-refractivity contribution in [3.8, 4) is 0 Å². The third-order valence-electron chi connectivity index (χ3n) is 4.42. The number of ether oxygens (including phenoxy) is 1. The van der Waals surface area contributed by atoms with E-state index in [9.17, 15) is 18.0 Å². The highest BCUT2D eigenvalue weighted by atomic mass is 32.2. The number of hydrogen-bond donors (Lipinski definition) is 2. The minimum atomic E-state index is -3.80. The van der Waals surface area contributed by atoms with E-state index in [-0.39, 0.29) is 27.9 Å². The fourth-order valence-electron chi connectivity index (χ4n) is 2.94. The molecule has 0 bridgehead atoms. The minimum absolute atomic E-state index is 0.0312. The number of benzene rings is 1. The van der Waals surface area contributed by atoms with Gasteiger partial charge in [0, 0.05) is 17.8 Å². The van der Waals surface area contributed by atoms with Gasteiger partial charge in [0.2, 0.25) is 0 Å². The highest BCUT2D eigenvalue weighted by molar-refractivity contribution is 7.91. The van der Waals surface area contributed by atoms with Crippen LogP contribution in [0.4, 0.5) is 5.00 Å². The smallest absolute Gasteiger partial charge is 0.266 e. The van der Waals surface area contributed by atoms with Gasteiger partial charge < -0.3 is 15.8 Å². The lowest BCUT2D eigenvalue weighted by molar-refractivity contribution is 0.0731. The number of amides is 2. The second-order valence-electron chi connectivity index (χ2n) is 6.29. The number of anilines is 1. The van der Waals surface area contributed by atoms with Gasteiger partial charge in [0.1, 0.15) is 9.21 Å². The zero-order valence-corrected chi connectivity index (χ0v) is 17.5. The van der Waals surface area contributed by atoms with Gasteiger partial charge in [-0.1, -0.05) is 18.2 Å². The number of nitrogens with two attached hydrogens (primary N) is 1. The lowest BCUT2D eigenvalue weighted by atomic mass is 10.2. The number of thiophene rings is 2. The van der Waals surface area contributed by atoms with Crippen LogP contribution in [-0.4, -0.2) is 50.8 Å². The highest BCUT2D eigenvalue weighted by Gasteiger charge is 2.30. The Hall–Kier alpha value is -2.31. The molecule has 4 rings (SSSR count). The van der Waals surface area contributed by atoms with Crippen molar-refractivity contribution in [3.05, 3.63) is 46.8 Å². The molecule has 0 radical (unpaired) electrons. The van der Waals surface area contributed by atoms with E-state index in [0.29, 0.717) is 18.1 Å². The van der Waals surface area contributed by atoms with Crippen LogP contribution >= 0.6 is 22.7 Å². The number of nitrogens with one attached hydrogen (secondary N) is 1. The summed E-state index contributed by atoms with van der Waals surface area (Å²) >= 11 is 2.13. The van der Waals surface area contributed by atoms with Crippen LogP contribution in [0.3, 0.4) is 0 Å². The first-order valence-electron chi connectivity index (χ1n) is 8.68. The summed E-state index contributed by atoms with van der Waals surface area (Å²) in [7, 11) is -3.80. The topological polar surface area (TPSA) is 119 Å². The van der Waals surface area contributed by atoms with Crippen LogP contribution in [0.2, 0.25) is 0 Å². The number of nitrogens with zero attached hydrogens (tertiary/aromatic N) is 1. The molecule has 3 N–H and O–H groups in total. The van der Waals surface area contributed by atoms with Crippen LogP contribution in [0.1, 0.15) is 20.0 Å². The minimum Gasteiger partial charge on any atom is -0.379 e. The van der Waals surface area contributed by atoms with Crippen LogP contribution in [0, 0.1) is 0 Å². The fraction of sp³-hybridized carbons (Fsp3) is 0.222. The summed E-state index contributed by atoms with van der Waals surface area (Å²) in [5.41, 5.74) is 5.38. The quantitative estimate of drug-likeness (QED) is 0.617. The average Bonchev–Trinajstić information content (AvgIpc) is 3.33. The molecular weight excluding hydrogens is 434 g/mol. The molecule has 0 atom stereocenters. The predicted octanol–water partition coefficient (Wildman–Crippen LogP) is 2.33. The number of carbonyl (C=O) groups excluding carboxylic acids is 2. The van der Waals surface area contributed by atoms with Crippen LogP contribution in [0.5, 0.6) is 0 Å². The maximum Gasteiger partial charge on any atom is 0.266 e. The molecule has 0 saturated carbocycles. The van der Waals surface area contributed by atoms with Crippen molar-refractivity contribution in [2.45, 2.75) is 4.21 Å². The molecule has 0 spiro atoms. The number of hydrogen-bond acceptors (Lipinski definition) is 7. The van der Waals surface area contributed by atoms with Crippen molar-refractivity contribution in [1.82, 2.24) is 4.31 Å². The molecule has 152 valence electrons. The molecule has 1 saturated heterocycles. The average molecular weight is 452 g/mol. The van der Waals surface area contributed by atoms with E-state index in [2.05, 4.69) is 5.32 Å². The van der Waals surface area contributed by atoms with Gasteiger partial charge in [-0.3, -0.25) is 9.59 Å². The maximum atomic E-state index is 12.9. The van der Waals surface area contributed by atoms with Crippen LogP contribution in [0.25, 0.3) is 10.1 Å². The first kappa shape index (κ1) is 20.0. The number of morpholine rings is 1. The second-order valence-corrected chi connectivity index (χ2v) is 10.6. The largest absolute Gasteiger partial charge is 0.379 e. The van der Waals surface area contributed by atoms with E-state index >= 15 is 0 Å². The monoisotopic (exact) mass is 451 g/mol. The van der Waals surface area contributed by atoms with Gasteiger partial charge in [0.05, 0.1) is 23.7 Å². The molecule has 1 aliphatic rings. The molecule has 1 fully saturated rings. The van der Waals surface area contributed by atoms with E-state index in [1.54, 1.807) is 6.07 Å². The van der Waals surface area contributed by atoms with E-state index in [4.69, 9.17) is 10.5 Å². The summed E-state index contributed by atoms with van der Waals surface area (Å²) in [5.74, 6) is -1.23. The normalized spacial score (nSPS) is 15.4. The van der Waals surface area contributed by atoms with Gasteiger partial charge in [-0.05, 0) is 23.6 Å². The summed E-state index contributed by atoms with van der Waals surface area (Å²) < 4.78 is 33.1. The second kappa shape index (κ2) is 7.84. The Morgan fingerprint density at radius 3 is 2.52 bits per heavy atom. The summed E-state index contributed by atoms with van der Waals surface area (Å²) in [6.45, 7) is 1.08. The summed E-state index contributed by atoms with van der Waals surface area (Å²) in [6.07, 6.45) is 0. The first-order chi connectivity index (χ1) is 13.9. The van der Waals surface area contributed by atoms with E-state index in [1.165, 1.54) is 21.7 Å². The van der Waals surface area contributed by atoms with Gasteiger partial charge in [-0.15, -0.1) is 22.7 Å². The predicted molar refractivity (Wildman–Crippen MR) is 112 cm³/mol. The molecule has 2 aromatic heterocycles. The van der Waals surface area contributed by atoms with Gasteiger partial charge in [-0.2, -0.15) is 4.31 Å². The molecule has 8 nitrogen and oxygen atoms in total. The van der Waals surface area contributed by atoms with E-state index in [0.717, 1.165) is 21.4 Å². The van der Waals surface area contributed by atoms with Crippen LogP contribution < -0.4 is 11.1 Å².